The van der Waals surface area contributed by atoms with Crippen LogP contribution in [-0.2, 0) is 13.1 Å². The summed E-state index contributed by atoms with van der Waals surface area (Å²) in [5.41, 5.74) is 9.91. The number of hydrogen-bond donors (Lipinski definition) is 2. The summed E-state index contributed by atoms with van der Waals surface area (Å²) < 4.78 is 8.20. The molecule has 260 valence electrons. The average Bonchev–Trinajstić information content (AvgIpc) is 3.10. The molecule has 3 N–H and O–H groups in total. The van der Waals surface area contributed by atoms with Gasteiger partial charge in [0.1, 0.15) is 0 Å². The fourth-order valence-electron chi connectivity index (χ4n) is 6.35. The second kappa shape index (κ2) is 24.3. The minimum Gasteiger partial charge on any atom is -0.488 e. The number of nitrogens with two attached hydrogens (primary N) is 1. The van der Waals surface area contributed by atoms with E-state index in [0.717, 1.165) is 31.5 Å². The van der Waals surface area contributed by atoms with Crippen molar-refractivity contribution in [1.82, 2.24) is 9.88 Å². The molecule has 2 aromatic carbocycles. The number of pyridine rings is 1. The van der Waals surface area contributed by atoms with E-state index >= 15 is 0 Å². The van der Waals surface area contributed by atoms with Gasteiger partial charge in [-0.3, -0.25) is 4.79 Å². The Morgan fingerprint density at radius 3 is 1.85 bits per heavy atom. The van der Waals surface area contributed by atoms with Crippen molar-refractivity contribution in [3.05, 3.63) is 100.0 Å². The van der Waals surface area contributed by atoms with Gasteiger partial charge in [-0.15, -0.1) is 0 Å². The third-order valence-electron chi connectivity index (χ3n) is 9.56. The highest BCUT2D eigenvalue weighted by Crippen LogP contribution is 2.19. The maximum absolute atomic E-state index is 13.0. The number of unbranched alkanes of at least 4 members (excludes halogenated alkanes) is 15. The van der Waals surface area contributed by atoms with Crippen LogP contribution in [0.25, 0.3) is 0 Å². The molecular weight excluding hydrogens is 578 g/mol. The number of hydrogen-bond acceptors (Lipinski definition) is 4. The van der Waals surface area contributed by atoms with Crippen LogP contribution in [0.4, 0.5) is 0 Å². The Morgan fingerprint density at radius 1 is 0.745 bits per heavy atom. The van der Waals surface area contributed by atoms with Crippen LogP contribution >= 0.6 is 0 Å². The van der Waals surface area contributed by atoms with Gasteiger partial charge in [0.25, 0.3) is 0 Å². The topological polar surface area (TPSA) is 69.3 Å². The lowest BCUT2D eigenvalue weighted by molar-refractivity contribution is 0.298. The molecule has 5 nitrogen and oxygen atoms in total. The summed E-state index contributed by atoms with van der Waals surface area (Å²) in [6, 6.07) is 22.7. The molecule has 0 saturated heterocycles. The van der Waals surface area contributed by atoms with Crippen LogP contribution in [0.1, 0.15) is 146 Å². The van der Waals surface area contributed by atoms with Crippen LogP contribution < -0.4 is 21.2 Å². The van der Waals surface area contributed by atoms with Gasteiger partial charge in [0.15, 0.2) is 5.75 Å². The lowest BCUT2D eigenvalue weighted by Crippen LogP contribution is -2.31. The Balaban J connectivity index is 1.34. The number of ether oxygens (including phenoxy) is 1. The van der Waals surface area contributed by atoms with E-state index in [0.29, 0.717) is 31.4 Å². The zero-order chi connectivity index (χ0) is 33.4. The molecule has 3 rings (SSSR count). The quantitative estimate of drug-likeness (QED) is 0.0811. The normalized spacial score (nSPS) is 12.7. The van der Waals surface area contributed by atoms with Gasteiger partial charge in [0, 0.05) is 30.9 Å². The molecule has 0 spiro atoms. The van der Waals surface area contributed by atoms with Gasteiger partial charge >= 0.3 is 0 Å². The molecular formula is C42H65N3O2. The summed E-state index contributed by atoms with van der Waals surface area (Å²) >= 11 is 0. The molecule has 0 fully saturated rings. The molecule has 2 unspecified atom stereocenters. The van der Waals surface area contributed by atoms with Crippen LogP contribution in [0.3, 0.4) is 0 Å². The molecule has 1 heterocycles. The number of benzene rings is 2. The van der Waals surface area contributed by atoms with E-state index in [2.05, 4.69) is 72.3 Å². The van der Waals surface area contributed by atoms with E-state index in [1.54, 1.807) is 6.07 Å². The van der Waals surface area contributed by atoms with E-state index < -0.39 is 0 Å². The van der Waals surface area contributed by atoms with E-state index in [-0.39, 0.29) is 11.5 Å². The van der Waals surface area contributed by atoms with E-state index in [4.69, 9.17) is 10.5 Å². The van der Waals surface area contributed by atoms with Crippen LogP contribution in [0.5, 0.6) is 5.75 Å². The van der Waals surface area contributed by atoms with Gasteiger partial charge in [-0.1, -0.05) is 171 Å². The van der Waals surface area contributed by atoms with E-state index in [1.807, 2.05) is 18.3 Å². The molecule has 3 aromatic rings. The third kappa shape index (κ3) is 16.2. The largest absolute Gasteiger partial charge is 0.488 e. The lowest BCUT2D eigenvalue weighted by atomic mass is 9.92. The summed E-state index contributed by atoms with van der Waals surface area (Å²) in [6.45, 7) is 7.15. The second-order valence-corrected chi connectivity index (χ2v) is 13.6. The molecule has 0 aliphatic heterocycles. The molecule has 0 amide bonds. The molecule has 0 aliphatic carbocycles. The zero-order valence-corrected chi connectivity index (χ0v) is 29.8. The van der Waals surface area contributed by atoms with Gasteiger partial charge in [0.2, 0.25) is 5.43 Å². The summed E-state index contributed by atoms with van der Waals surface area (Å²) in [5.74, 6) is 0.740. The Morgan fingerprint density at radius 2 is 1.28 bits per heavy atom. The Hall–Kier alpha value is -2.89. The standard InChI is InChI=1S/C42H65N3O2/c1-3-4-5-6-7-8-9-10-11-12-13-14-15-16-17-24-31-47-42-35-45(34-37-25-20-18-21-26-37)39(32-41(42)46)33-44-30-29-40(43)36(2)38-27-22-19-23-28-38/h18-23,25-28,32,35-36,40,44H,3-17,24,29-31,33-34,43H2,1-2H3. The summed E-state index contributed by atoms with van der Waals surface area (Å²) in [4.78, 5) is 13.0. The molecule has 0 aliphatic rings. The minimum absolute atomic E-state index is 0.0444. The predicted octanol–water partition coefficient (Wildman–Crippen LogP) is 10.1. The lowest BCUT2D eigenvalue weighted by Gasteiger charge is -2.21. The van der Waals surface area contributed by atoms with Crippen molar-refractivity contribution in [2.24, 2.45) is 5.73 Å². The fraction of sp³-hybridized carbons (Fsp3) is 0.595. The molecule has 0 radical (unpaired) electrons. The first-order valence-electron chi connectivity index (χ1n) is 19.0. The second-order valence-electron chi connectivity index (χ2n) is 13.6. The molecule has 0 saturated carbocycles. The number of aromatic nitrogens is 1. The van der Waals surface area contributed by atoms with Gasteiger partial charge in [0.05, 0.1) is 12.8 Å². The summed E-state index contributed by atoms with van der Waals surface area (Å²) in [7, 11) is 0. The summed E-state index contributed by atoms with van der Waals surface area (Å²) in [5, 5.41) is 3.53. The highest BCUT2D eigenvalue weighted by molar-refractivity contribution is 5.25. The first-order valence-corrected chi connectivity index (χ1v) is 19.0. The van der Waals surface area contributed by atoms with Crippen molar-refractivity contribution >= 4 is 0 Å². The zero-order valence-electron chi connectivity index (χ0n) is 29.8. The SMILES string of the molecule is CCCCCCCCCCCCCCCCCCOc1cn(Cc2ccccc2)c(CNCCC(N)C(C)c2ccccc2)cc1=O. The Kier molecular flexibility index (Phi) is 19.9. The molecule has 1 aromatic heterocycles. The molecule has 0 bridgehead atoms. The maximum atomic E-state index is 13.0. The fourth-order valence-corrected chi connectivity index (χ4v) is 6.35. The predicted molar refractivity (Wildman–Crippen MR) is 200 cm³/mol. The third-order valence-corrected chi connectivity index (χ3v) is 9.56. The van der Waals surface area contributed by atoms with E-state index in [1.165, 1.54) is 101 Å². The van der Waals surface area contributed by atoms with E-state index in [9.17, 15) is 4.79 Å². The first kappa shape index (κ1) is 38.6. The van der Waals surface area contributed by atoms with Gasteiger partial charge in [-0.2, -0.15) is 0 Å². The van der Waals surface area contributed by atoms with Crippen molar-refractivity contribution in [3.63, 3.8) is 0 Å². The van der Waals surface area contributed by atoms with Crippen molar-refractivity contribution in [3.8, 4) is 5.75 Å². The van der Waals surface area contributed by atoms with Gasteiger partial charge in [-0.25, -0.2) is 0 Å². The van der Waals surface area contributed by atoms with Crippen LogP contribution in [0.15, 0.2) is 77.7 Å². The van der Waals surface area contributed by atoms with Gasteiger partial charge < -0.3 is 20.4 Å². The maximum Gasteiger partial charge on any atom is 0.223 e. The van der Waals surface area contributed by atoms with Crippen molar-refractivity contribution < 1.29 is 4.74 Å². The van der Waals surface area contributed by atoms with Crippen molar-refractivity contribution in [2.75, 3.05) is 13.2 Å². The number of nitrogens with one attached hydrogen (secondary N) is 1. The average molecular weight is 644 g/mol. The Labute approximate surface area is 286 Å². The minimum atomic E-state index is -0.0444. The highest BCUT2D eigenvalue weighted by atomic mass is 16.5. The summed E-state index contributed by atoms with van der Waals surface area (Å²) in [6.07, 6.45) is 24.3. The van der Waals surface area contributed by atoms with Crippen molar-refractivity contribution in [2.45, 2.75) is 148 Å². The van der Waals surface area contributed by atoms with Crippen LogP contribution in [0.2, 0.25) is 0 Å². The Bertz CT molecular complexity index is 1240. The molecule has 47 heavy (non-hydrogen) atoms. The van der Waals surface area contributed by atoms with Crippen molar-refractivity contribution in [1.29, 1.82) is 0 Å². The first-order chi connectivity index (χ1) is 23.1. The van der Waals surface area contributed by atoms with Crippen LogP contribution in [0, 0.1) is 0 Å². The number of rotatable bonds is 27. The van der Waals surface area contributed by atoms with Gasteiger partial charge in [-0.05, 0) is 36.4 Å². The molecule has 5 heteroatoms. The number of nitrogens with zero attached hydrogens (tertiary/aromatic N) is 1. The smallest absolute Gasteiger partial charge is 0.223 e. The monoisotopic (exact) mass is 644 g/mol. The molecule has 2 atom stereocenters. The highest BCUT2D eigenvalue weighted by Gasteiger charge is 2.15. The van der Waals surface area contributed by atoms with Crippen LogP contribution in [-0.4, -0.2) is 23.8 Å².